The quantitative estimate of drug-likeness (QED) is 0.826. The van der Waals surface area contributed by atoms with E-state index >= 15 is 0 Å². The number of aliphatic hydroxyl groups excluding tert-OH is 1. The first-order valence-electron chi connectivity index (χ1n) is 9.93. The average molecular weight is 351 g/mol. The zero-order valence-corrected chi connectivity index (χ0v) is 15.7. The highest BCUT2D eigenvalue weighted by Crippen LogP contribution is 2.32. The molecule has 0 radical (unpaired) electrons. The summed E-state index contributed by atoms with van der Waals surface area (Å²) in [7, 11) is 1.88. The largest absolute Gasteiger partial charge is 0.389 e. The van der Waals surface area contributed by atoms with Crippen molar-refractivity contribution >= 4 is 11.8 Å². The lowest BCUT2D eigenvalue weighted by molar-refractivity contribution is -0.140. The maximum Gasteiger partial charge on any atom is 0.225 e. The van der Waals surface area contributed by atoms with Crippen LogP contribution in [0.25, 0.3) is 0 Å². The predicted octanol–water partition coefficient (Wildman–Crippen LogP) is 1.08. The molecule has 3 atom stereocenters. The van der Waals surface area contributed by atoms with E-state index in [2.05, 4.69) is 4.90 Å². The molecule has 6 nitrogen and oxygen atoms in total. The highest BCUT2D eigenvalue weighted by atomic mass is 16.3. The second kappa shape index (κ2) is 8.04. The summed E-state index contributed by atoms with van der Waals surface area (Å²) in [4.78, 5) is 30.3. The summed E-state index contributed by atoms with van der Waals surface area (Å²) in [5.41, 5.74) is 0. The monoisotopic (exact) mass is 351 g/mol. The summed E-state index contributed by atoms with van der Waals surface area (Å²) < 4.78 is 0. The molecule has 1 aliphatic heterocycles. The Bertz CT molecular complexity index is 484. The number of amides is 2. The summed E-state index contributed by atoms with van der Waals surface area (Å²) in [6.45, 7) is 4.71. The van der Waals surface area contributed by atoms with Gasteiger partial charge in [0.05, 0.1) is 12.1 Å². The molecule has 3 rings (SSSR count). The Morgan fingerprint density at radius 1 is 0.960 bits per heavy atom. The van der Waals surface area contributed by atoms with Crippen molar-refractivity contribution in [2.45, 2.75) is 70.1 Å². The molecule has 0 aromatic rings. The summed E-state index contributed by atoms with van der Waals surface area (Å²) in [5.74, 6) is 0.511. The molecule has 3 fully saturated rings. The maximum absolute atomic E-state index is 12.8. The fourth-order valence-corrected chi connectivity index (χ4v) is 4.93. The van der Waals surface area contributed by atoms with Crippen LogP contribution in [0.4, 0.5) is 0 Å². The second-order valence-corrected chi connectivity index (χ2v) is 8.03. The molecule has 25 heavy (non-hydrogen) atoms. The van der Waals surface area contributed by atoms with E-state index in [1.165, 1.54) is 6.42 Å². The van der Waals surface area contributed by atoms with Crippen molar-refractivity contribution in [3.8, 4) is 0 Å². The van der Waals surface area contributed by atoms with Crippen LogP contribution < -0.4 is 0 Å². The zero-order valence-electron chi connectivity index (χ0n) is 15.7. The van der Waals surface area contributed by atoms with E-state index in [1.807, 2.05) is 16.8 Å². The van der Waals surface area contributed by atoms with Crippen LogP contribution in [0.1, 0.15) is 51.9 Å². The normalized spacial score (nSPS) is 32.0. The number of carbonyl (C=O) groups is 2. The predicted molar refractivity (Wildman–Crippen MR) is 96.0 cm³/mol. The summed E-state index contributed by atoms with van der Waals surface area (Å²) >= 11 is 0. The molecule has 6 heteroatoms. The molecule has 2 aliphatic carbocycles. The van der Waals surface area contributed by atoms with Crippen molar-refractivity contribution < 1.29 is 14.7 Å². The van der Waals surface area contributed by atoms with Gasteiger partial charge in [-0.25, -0.2) is 0 Å². The SMILES string of the molecule is CC(=O)N1CCN([C@@H]2CC[C@@H](N(C)C(=O)C3CCCCC3)[C@H]2O)CC1. The van der Waals surface area contributed by atoms with E-state index in [9.17, 15) is 14.7 Å². The third kappa shape index (κ3) is 4.00. The topological polar surface area (TPSA) is 64.1 Å². The first-order chi connectivity index (χ1) is 12.0. The van der Waals surface area contributed by atoms with Gasteiger partial charge in [-0.2, -0.15) is 0 Å². The number of piperazine rings is 1. The van der Waals surface area contributed by atoms with E-state index in [-0.39, 0.29) is 29.8 Å². The van der Waals surface area contributed by atoms with Gasteiger partial charge in [-0.3, -0.25) is 14.5 Å². The van der Waals surface area contributed by atoms with E-state index in [1.54, 1.807) is 6.92 Å². The number of carbonyl (C=O) groups excluding carboxylic acids is 2. The highest BCUT2D eigenvalue weighted by Gasteiger charge is 2.43. The smallest absolute Gasteiger partial charge is 0.225 e. The molecule has 0 aromatic carbocycles. The number of hydrogen-bond donors (Lipinski definition) is 1. The molecule has 1 saturated heterocycles. The van der Waals surface area contributed by atoms with Crippen LogP contribution in [-0.4, -0.2) is 83.0 Å². The number of likely N-dealkylation sites (N-methyl/N-ethyl adjacent to an activating group) is 1. The molecule has 0 unspecified atom stereocenters. The second-order valence-electron chi connectivity index (χ2n) is 8.03. The Hall–Kier alpha value is -1.14. The average Bonchev–Trinajstić information content (AvgIpc) is 3.02. The van der Waals surface area contributed by atoms with Crippen molar-refractivity contribution in [3.63, 3.8) is 0 Å². The van der Waals surface area contributed by atoms with Gasteiger partial charge < -0.3 is 14.9 Å². The molecular formula is C19H33N3O3. The third-order valence-corrected chi connectivity index (χ3v) is 6.57. The van der Waals surface area contributed by atoms with Gasteiger partial charge in [0.1, 0.15) is 0 Å². The molecule has 1 N–H and O–H groups in total. The Balaban J connectivity index is 1.55. The van der Waals surface area contributed by atoms with Gasteiger partial charge in [-0.15, -0.1) is 0 Å². The van der Waals surface area contributed by atoms with Crippen LogP contribution >= 0.6 is 0 Å². The molecule has 2 amide bonds. The van der Waals surface area contributed by atoms with Crippen LogP contribution in [-0.2, 0) is 9.59 Å². The van der Waals surface area contributed by atoms with Crippen LogP contribution in [0.15, 0.2) is 0 Å². The lowest BCUT2D eigenvalue weighted by atomic mass is 9.88. The van der Waals surface area contributed by atoms with Gasteiger partial charge in [0.25, 0.3) is 0 Å². The molecular weight excluding hydrogens is 318 g/mol. The molecule has 1 heterocycles. The van der Waals surface area contributed by atoms with Gasteiger partial charge in [0.2, 0.25) is 11.8 Å². The van der Waals surface area contributed by atoms with Crippen molar-refractivity contribution in [1.29, 1.82) is 0 Å². The highest BCUT2D eigenvalue weighted by molar-refractivity contribution is 5.79. The molecule has 142 valence electrons. The number of nitrogens with zero attached hydrogens (tertiary/aromatic N) is 3. The van der Waals surface area contributed by atoms with Gasteiger partial charge in [-0.1, -0.05) is 19.3 Å². The first-order valence-corrected chi connectivity index (χ1v) is 9.93. The standard InChI is InChI=1S/C19H33N3O3/c1-14(23)21-10-12-22(13-11-21)17-9-8-16(18(17)24)20(2)19(25)15-6-4-3-5-7-15/h15-18,24H,3-13H2,1-2H3/t16-,17-,18-/m1/s1. The van der Waals surface area contributed by atoms with E-state index in [0.29, 0.717) is 0 Å². The van der Waals surface area contributed by atoms with Crippen molar-refractivity contribution in [2.24, 2.45) is 5.92 Å². The van der Waals surface area contributed by atoms with E-state index in [4.69, 9.17) is 0 Å². The summed E-state index contributed by atoms with van der Waals surface area (Å²) in [6.07, 6.45) is 6.86. The Morgan fingerprint density at radius 2 is 1.60 bits per heavy atom. The maximum atomic E-state index is 12.8. The minimum absolute atomic E-state index is 0.0646. The lowest BCUT2D eigenvalue weighted by Crippen LogP contribution is -2.55. The molecule has 2 saturated carbocycles. The molecule has 3 aliphatic rings. The Morgan fingerprint density at radius 3 is 2.20 bits per heavy atom. The van der Waals surface area contributed by atoms with Gasteiger partial charge in [0.15, 0.2) is 0 Å². The number of hydrogen-bond acceptors (Lipinski definition) is 4. The van der Waals surface area contributed by atoms with Gasteiger partial charge in [-0.05, 0) is 25.7 Å². The minimum Gasteiger partial charge on any atom is -0.389 e. The summed E-state index contributed by atoms with van der Waals surface area (Å²) in [5, 5.41) is 10.9. The molecule has 0 spiro atoms. The van der Waals surface area contributed by atoms with Crippen molar-refractivity contribution in [3.05, 3.63) is 0 Å². The van der Waals surface area contributed by atoms with Gasteiger partial charge in [0, 0.05) is 52.1 Å². The van der Waals surface area contributed by atoms with Gasteiger partial charge >= 0.3 is 0 Å². The summed E-state index contributed by atoms with van der Waals surface area (Å²) in [6, 6.07) is 0.0472. The van der Waals surface area contributed by atoms with Crippen LogP contribution in [0.3, 0.4) is 0 Å². The Kier molecular flexibility index (Phi) is 6.00. The fourth-order valence-electron chi connectivity index (χ4n) is 4.93. The van der Waals surface area contributed by atoms with Crippen LogP contribution in [0.2, 0.25) is 0 Å². The minimum atomic E-state index is -0.485. The molecule has 0 aromatic heterocycles. The zero-order chi connectivity index (χ0) is 18.0. The van der Waals surface area contributed by atoms with E-state index in [0.717, 1.165) is 64.7 Å². The number of rotatable bonds is 3. The van der Waals surface area contributed by atoms with Crippen LogP contribution in [0, 0.1) is 5.92 Å². The third-order valence-electron chi connectivity index (χ3n) is 6.57. The van der Waals surface area contributed by atoms with E-state index < -0.39 is 6.10 Å². The van der Waals surface area contributed by atoms with Crippen LogP contribution in [0.5, 0.6) is 0 Å². The molecule has 0 bridgehead atoms. The van der Waals surface area contributed by atoms with Crippen molar-refractivity contribution in [1.82, 2.24) is 14.7 Å². The first kappa shape index (κ1) is 18.6. The Labute approximate surface area is 151 Å². The number of aliphatic hydroxyl groups is 1. The fraction of sp³-hybridized carbons (Fsp3) is 0.895. The lowest BCUT2D eigenvalue weighted by Gasteiger charge is -2.40. The van der Waals surface area contributed by atoms with Crippen molar-refractivity contribution in [2.75, 3.05) is 33.2 Å².